The number of hydrogen-bond acceptors (Lipinski definition) is 3. The van der Waals surface area contributed by atoms with Gasteiger partial charge in [-0.15, -0.1) is 0 Å². The fourth-order valence-corrected chi connectivity index (χ4v) is 4.02. The molecule has 1 saturated carbocycles. The molecule has 150 valence electrons. The maximum absolute atomic E-state index is 12.8. The molecule has 0 spiro atoms. The van der Waals surface area contributed by atoms with E-state index in [2.05, 4.69) is 36.5 Å². The van der Waals surface area contributed by atoms with Crippen LogP contribution in [0.3, 0.4) is 0 Å². The fourth-order valence-electron chi connectivity index (χ4n) is 4.02. The van der Waals surface area contributed by atoms with Crippen LogP contribution in [0, 0.1) is 0 Å². The number of amides is 1. The molecule has 28 heavy (non-hydrogen) atoms. The van der Waals surface area contributed by atoms with Crippen LogP contribution in [0.25, 0.3) is 0 Å². The highest BCUT2D eigenvalue weighted by Crippen LogP contribution is 2.40. The summed E-state index contributed by atoms with van der Waals surface area (Å²) in [5, 5.41) is 3.17. The third-order valence-electron chi connectivity index (χ3n) is 5.72. The van der Waals surface area contributed by atoms with E-state index in [1.54, 1.807) is 13.2 Å². The van der Waals surface area contributed by atoms with Crippen LogP contribution in [0.4, 0.5) is 0 Å². The number of unbranched alkanes of at least 4 members (excludes halogenated alkanes) is 1. The second-order valence-corrected chi connectivity index (χ2v) is 7.60. The first-order valence-corrected chi connectivity index (χ1v) is 10.3. The molecule has 0 bridgehead atoms. The fraction of sp³-hybridized carbons (Fsp3) is 0.458. The Hall–Kier alpha value is -2.49. The van der Waals surface area contributed by atoms with Gasteiger partial charge in [-0.1, -0.05) is 56.5 Å². The number of carbonyl (C=O) groups is 1. The van der Waals surface area contributed by atoms with Gasteiger partial charge in [0, 0.05) is 17.5 Å². The molecule has 2 aromatic carbocycles. The first-order valence-electron chi connectivity index (χ1n) is 10.3. The van der Waals surface area contributed by atoms with Crippen molar-refractivity contribution in [1.82, 2.24) is 5.32 Å². The van der Waals surface area contributed by atoms with Gasteiger partial charge in [0.1, 0.15) is 0 Å². The summed E-state index contributed by atoms with van der Waals surface area (Å²) in [5.41, 5.74) is 1.97. The molecule has 1 N–H and O–H groups in total. The van der Waals surface area contributed by atoms with Crippen molar-refractivity contribution in [2.24, 2.45) is 0 Å². The van der Waals surface area contributed by atoms with E-state index in [1.807, 2.05) is 18.2 Å². The van der Waals surface area contributed by atoms with Crippen molar-refractivity contribution in [2.45, 2.75) is 50.9 Å². The van der Waals surface area contributed by atoms with E-state index < -0.39 is 0 Å². The van der Waals surface area contributed by atoms with Crippen LogP contribution in [0.15, 0.2) is 48.5 Å². The maximum atomic E-state index is 12.8. The Morgan fingerprint density at radius 3 is 2.50 bits per heavy atom. The van der Waals surface area contributed by atoms with Gasteiger partial charge in [-0.25, -0.2) is 0 Å². The summed E-state index contributed by atoms with van der Waals surface area (Å²) in [5.74, 6) is 1.21. The molecule has 4 nitrogen and oxygen atoms in total. The molecule has 1 fully saturated rings. The molecular weight excluding hydrogens is 350 g/mol. The summed E-state index contributed by atoms with van der Waals surface area (Å²) >= 11 is 0. The van der Waals surface area contributed by atoms with Gasteiger partial charge >= 0.3 is 0 Å². The lowest BCUT2D eigenvalue weighted by Crippen LogP contribution is -2.39. The number of hydrogen-bond donors (Lipinski definition) is 1. The van der Waals surface area contributed by atoms with E-state index in [1.165, 1.54) is 18.4 Å². The second kappa shape index (κ2) is 9.63. The number of carbonyl (C=O) groups excluding carboxylic acids is 1. The van der Waals surface area contributed by atoms with E-state index >= 15 is 0 Å². The maximum Gasteiger partial charge on any atom is 0.251 e. The van der Waals surface area contributed by atoms with Crippen LogP contribution in [-0.2, 0) is 5.41 Å². The molecule has 0 heterocycles. The Kier molecular flexibility index (Phi) is 6.96. The highest BCUT2D eigenvalue weighted by molar-refractivity contribution is 5.95. The van der Waals surface area contributed by atoms with Gasteiger partial charge in [-0.3, -0.25) is 4.79 Å². The molecule has 0 radical (unpaired) electrons. The lowest BCUT2D eigenvalue weighted by atomic mass is 9.79. The van der Waals surface area contributed by atoms with Crippen molar-refractivity contribution in [3.05, 3.63) is 59.7 Å². The Labute approximate surface area is 168 Å². The average molecular weight is 382 g/mol. The van der Waals surface area contributed by atoms with E-state index in [0.29, 0.717) is 30.2 Å². The largest absolute Gasteiger partial charge is 0.493 e. The number of methoxy groups -OCH3 is 1. The van der Waals surface area contributed by atoms with Crippen molar-refractivity contribution >= 4 is 5.91 Å². The number of rotatable bonds is 9. The van der Waals surface area contributed by atoms with E-state index in [9.17, 15) is 4.79 Å². The molecule has 4 heteroatoms. The lowest BCUT2D eigenvalue weighted by Gasteiger charge is -2.30. The summed E-state index contributed by atoms with van der Waals surface area (Å²) in [6, 6.07) is 16.0. The molecule has 0 aromatic heterocycles. The molecule has 1 amide bonds. The molecule has 1 aliphatic carbocycles. The minimum atomic E-state index is -0.0689. The van der Waals surface area contributed by atoms with E-state index in [-0.39, 0.29) is 11.3 Å². The van der Waals surface area contributed by atoms with Gasteiger partial charge in [-0.2, -0.15) is 0 Å². The predicted molar refractivity (Wildman–Crippen MR) is 112 cm³/mol. The highest BCUT2D eigenvalue weighted by Gasteiger charge is 2.35. The zero-order chi connectivity index (χ0) is 19.8. The molecular formula is C24H31NO3. The van der Waals surface area contributed by atoms with Gasteiger partial charge in [0.15, 0.2) is 11.5 Å². The minimum absolute atomic E-state index is 0.0458. The average Bonchev–Trinajstić information content (AvgIpc) is 3.23. The van der Waals surface area contributed by atoms with Crippen LogP contribution in [0.1, 0.15) is 61.4 Å². The molecule has 2 aromatic rings. The summed E-state index contributed by atoms with van der Waals surface area (Å²) < 4.78 is 11.2. The first kappa shape index (κ1) is 20.2. The summed E-state index contributed by atoms with van der Waals surface area (Å²) in [7, 11) is 1.60. The molecule has 0 atom stereocenters. The van der Waals surface area contributed by atoms with Crippen molar-refractivity contribution in [2.75, 3.05) is 20.3 Å². The zero-order valence-electron chi connectivity index (χ0n) is 17.0. The van der Waals surface area contributed by atoms with Gasteiger partial charge in [0.2, 0.25) is 0 Å². The topological polar surface area (TPSA) is 47.6 Å². The summed E-state index contributed by atoms with van der Waals surface area (Å²) in [6.07, 6.45) is 6.72. The molecule has 1 aliphatic rings. The lowest BCUT2D eigenvalue weighted by molar-refractivity contribution is 0.0942. The minimum Gasteiger partial charge on any atom is -0.493 e. The normalized spacial score (nSPS) is 15.2. The smallest absolute Gasteiger partial charge is 0.251 e. The Morgan fingerprint density at radius 1 is 1.07 bits per heavy atom. The predicted octanol–water partition coefficient (Wildman–Crippen LogP) is 5.12. The van der Waals surface area contributed by atoms with Gasteiger partial charge < -0.3 is 14.8 Å². The van der Waals surface area contributed by atoms with Crippen LogP contribution >= 0.6 is 0 Å². The van der Waals surface area contributed by atoms with Crippen molar-refractivity contribution in [3.63, 3.8) is 0 Å². The van der Waals surface area contributed by atoms with Crippen LogP contribution in [0.2, 0.25) is 0 Å². The quantitative estimate of drug-likeness (QED) is 0.614. The summed E-state index contributed by atoms with van der Waals surface area (Å²) in [6.45, 7) is 3.44. The Balaban J connectivity index is 1.68. The molecule has 3 rings (SSSR count). The van der Waals surface area contributed by atoms with E-state index in [0.717, 1.165) is 25.7 Å². The van der Waals surface area contributed by atoms with Crippen molar-refractivity contribution in [1.29, 1.82) is 0 Å². The van der Waals surface area contributed by atoms with Crippen LogP contribution in [0.5, 0.6) is 11.5 Å². The number of nitrogens with one attached hydrogen (secondary N) is 1. The van der Waals surface area contributed by atoms with Crippen LogP contribution < -0.4 is 14.8 Å². The van der Waals surface area contributed by atoms with Crippen LogP contribution in [-0.4, -0.2) is 26.2 Å². The Bertz CT molecular complexity index is 767. The number of ether oxygens (including phenoxy) is 2. The van der Waals surface area contributed by atoms with Gasteiger partial charge in [0.25, 0.3) is 5.91 Å². The highest BCUT2D eigenvalue weighted by atomic mass is 16.5. The van der Waals surface area contributed by atoms with Crippen molar-refractivity contribution in [3.8, 4) is 11.5 Å². The zero-order valence-corrected chi connectivity index (χ0v) is 17.0. The second-order valence-electron chi connectivity index (χ2n) is 7.60. The first-order chi connectivity index (χ1) is 13.7. The monoisotopic (exact) mass is 381 g/mol. The molecule has 0 saturated heterocycles. The van der Waals surface area contributed by atoms with Crippen molar-refractivity contribution < 1.29 is 14.3 Å². The van der Waals surface area contributed by atoms with Gasteiger partial charge in [0.05, 0.1) is 13.7 Å². The molecule has 0 aliphatic heterocycles. The van der Waals surface area contributed by atoms with Gasteiger partial charge in [-0.05, 0) is 43.0 Å². The number of benzene rings is 2. The molecule has 0 unspecified atom stereocenters. The third-order valence-corrected chi connectivity index (χ3v) is 5.72. The summed E-state index contributed by atoms with van der Waals surface area (Å²) in [4.78, 5) is 12.8. The third kappa shape index (κ3) is 4.67. The SMILES string of the molecule is CCCCOc1ccc(C(=O)NCC2(c3ccccc3)CCCC2)cc1OC. The van der Waals surface area contributed by atoms with E-state index in [4.69, 9.17) is 9.47 Å². The Morgan fingerprint density at radius 2 is 1.82 bits per heavy atom. The standard InChI is InChI=1S/C24H31NO3/c1-3-4-16-28-21-13-12-19(17-22(21)27-2)23(26)25-18-24(14-8-9-15-24)20-10-6-5-7-11-20/h5-7,10-13,17H,3-4,8-9,14-16,18H2,1-2H3,(H,25,26).